The lowest BCUT2D eigenvalue weighted by molar-refractivity contribution is -0.201. The average Bonchev–Trinajstić information content (AvgIpc) is 2.17. The molecule has 1 saturated heterocycles. The number of aliphatic hydroxyl groups is 1. The topological polar surface area (TPSA) is 38.7 Å². The fraction of sp³-hybridized carbons (Fsp3) is 0.833. The van der Waals surface area contributed by atoms with Gasteiger partial charge in [-0.15, -0.1) is 0 Å². The minimum absolute atomic E-state index is 0.432. The third-order valence-corrected chi connectivity index (χ3v) is 2.37. The molecule has 3 heteroatoms. The van der Waals surface area contributed by atoms with Crippen LogP contribution in [-0.2, 0) is 9.47 Å². The highest BCUT2D eigenvalue weighted by atomic mass is 16.7. The van der Waals surface area contributed by atoms with Crippen LogP contribution in [-0.4, -0.2) is 30.2 Å². The average molecular weight is 212 g/mol. The summed E-state index contributed by atoms with van der Waals surface area (Å²) < 4.78 is 10.9. The maximum Gasteiger partial charge on any atom is 0.233 e. The summed E-state index contributed by atoms with van der Waals surface area (Å²) in [6.07, 6.45) is 3.38. The summed E-state index contributed by atoms with van der Waals surface area (Å²) in [5, 5.41) is 9.52. The molecule has 1 rings (SSSR count). The zero-order valence-corrected chi connectivity index (χ0v) is 9.80. The lowest BCUT2D eigenvalue weighted by Crippen LogP contribution is -2.36. The van der Waals surface area contributed by atoms with Gasteiger partial charge in [0.1, 0.15) is 0 Å². The molecule has 1 atom stereocenters. The first-order valence-corrected chi connectivity index (χ1v) is 5.39. The van der Waals surface area contributed by atoms with Crippen molar-refractivity contribution in [2.45, 2.75) is 50.9 Å². The van der Waals surface area contributed by atoms with Gasteiger partial charge in [0, 0.05) is 20.0 Å². The number of hydrogen-bond donors (Lipinski definition) is 1. The van der Waals surface area contributed by atoms with Crippen molar-refractivity contribution in [3.8, 4) is 11.8 Å². The van der Waals surface area contributed by atoms with Crippen LogP contribution < -0.4 is 0 Å². The Morgan fingerprint density at radius 3 is 2.67 bits per heavy atom. The highest BCUT2D eigenvalue weighted by molar-refractivity contribution is 5.12. The molecule has 0 aromatic heterocycles. The summed E-state index contributed by atoms with van der Waals surface area (Å²) in [4.78, 5) is 0. The normalized spacial score (nSPS) is 26.9. The third kappa shape index (κ3) is 4.21. The van der Waals surface area contributed by atoms with E-state index in [4.69, 9.17) is 9.47 Å². The Balaban J connectivity index is 2.58. The quantitative estimate of drug-likeness (QED) is 0.708. The van der Waals surface area contributed by atoms with Crippen molar-refractivity contribution in [3.05, 3.63) is 0 Å². The summed E-state index contributed by atoms with van der Waals surface area (Å²) in [5.74, 6) is 5.19. The second-order valence-electron chi connectivity index (χ2n) is 4.55. The number of ether oxygens (including phenoxy) is 2. The van der Waals surface area contributed by atoms with Gasteiger partial charge in [-0.25, -0.2) is 0 Å². The second-order valence-corrected chi connectivity index (χ2v) is 4.55. The molecule has 1 unspecified atom stereocenters. The van der Waals surface area contributed by atoms with E-state index >= 15 is 0 Å². The second kappa shape index (κ2) is 4.98. The van der Waals surface area contributed by atoms with Gasteiger partial charge in [-0.1, -0.05) is 5.92 Å². The Hall–Kier alpha value is -0.560. The van der Waals surface area contributed by atoms with E-state index in [9.17, 15) is 5.11 Å². The van der Waals surface area contributed by atoms with Crippen molar-refractivity contribution in [2.24, 2.45) is 0 Å². The third-order valence-electron chi connectivity index (χ3n) is 2.37. The fourth-order valence-electron chi connectivity index (χ4n) is 1.47. The molecule has 1 N–H and O–H groups in total. The molecule has 1 aliphatic heterocycles. The highest BCUT2D eigenvalue weighted by Crippen LogP contribution is 2.24. The summed E-state index contributed by atoms with van der Waals surface area (Å²) in [5.41, 5.74) is -0.753. The summed E-state index contributed by atoms with van der Waals surface area (Å²) >= 11 is 0. The number of methoxy groups -OCH3 is 1. The van der Waals surface area contributed by atoms with E-state index in [-0.39, 0.29) is 0 Å². The first-order valence-electron chi connectivity index (χ1n) is 5.39. The van der Waals surface area contributed by atoms with Crippen molar-refractivity contribution in [1.82, 2.24) is 0 Å². The van der Waals surface area contributed by atoms with E-state index in [0.717, 1.165) is 19.3 Å². The van der Waals surface area contributed by atoms with Gasteiger partial charge in [0.25, 0.3) is 0 Å². The maximum absolute atomic E-state index is 9.52. The standard InChI is InChI=1S/C12H20O3/c1-11(2,13)7-6-9-12(14-3)8-4-5-10-15-12/h13H,4-5,7-8,10H2,1-3H3. The van der Waals surface area contributed by atoms with Crippen LogP contribution in [0.3, 0.4) is 0 Å². The molecule has 3 nitrogen and oxygen atoms in total. The minimum atomic E-state index is -0.753. The van der Waals surface area contributed by atoms with Crippen molar-refractivity contribution in [2.75, 3.05) is 13.7 Å². The predicted molar refractivity (Wildman–Crippen MR) is 58.2 cm³/mol. The van der Waals surface area contributed by atoms with Crippen molar-refractivity contribution in [3.63, 3.8) is 0 Å². The SMILES string of the molecule is COC1(C#CCC(C)(C)O)CCCCO1. The molecular weight excluding hydrogens is 192 g/mol. The lowest BCUT2D eigenvalue weighted by Gasteiger charge is -2.31. The smallest absolute Gasteiger partial charge is 0.233 e. The van der Waals surface area contributed by atoms with Crippen molar-refractivity contribution < 1.29 is 14.6 Å². The van der Waals surface area contributed by atoms with Gasteiger partial charge in [-0.05, 0) is 32.6 Å². The van der Waals surface area contributed by atoms with Crippen molar-refractivity contribution in [1.29, 1.82) is 0 Å². The molecule has 0 spiro atoms. The molecule has 0 aromatic rings. The Bertz CT molecular complexity index is 248. The Morgan fingerprint density at radius 1 is 1.47 bits per heavy atom. The van der Waals surface area contributed by atoms with Gasteiger partial charge in [-0.3, -0.25) is 0 Å². The van der Waals surface area contributed by atoms with Gasteiger partial charge in [-0.2, -0.15) is 0 Å². The van der Waals surface area contributed by atoms with Gasteiger partial charge in [0.15, 0.2) is 0 Å². The van der Waals surface area contributed by atoms with Crippen LogP contribution in [0.1, 0.15) is 39.5 Å². The predicted octanol–water partition coefficient (Wildman–Crippen LogP) is 1.69. The largest absolute Gasteiger partial charge is 0.389 e. The molecule has 0 radical (unpaired) electrons. The molecule has 1 heterocycles. The molecule has 1 aliphatic rings. The number of hydrogen-bond acceptors (Lipinski definition) is 3. The molecule has 0 aromatic carbocycles. The van der Waals surface area contributed by atoms with Gasteiger partial charge >= 0.3 is 0 Å². The molecular formula is C12H20O3. The summed E-state index contributed by atoms with van der Waals surface area (Å²) in [7, 11) is 1.62. The van der Waals surface area contributed by atoms with E-state index in [1.165, 1.54) is 0 Å². The fourth-order valence-corrected chi connectivity index (χ4v) is 1.47. The lowest BCUT2D eigenvalue weighted by atomic mass is 10.0. The Morgan fingerprint density at radius 2 is 2.20 bits per heavy atom. The van der Waals surface area contributed by atoms with Gasteiger partial charge < -0.3 is 14.6 Å². The number of rotatable bonds is 2. The van der Waals surface area contributed by atoms with Crippen LogP contribution in [0, 0.1) is 11.8 Å². The maximum atomic E-state index is 9.52. The van der Waals surface area contributed by atoms with Crippen LogP contribution in [0.15, 0.2) is 0 Å². The van der Waals surface area contributed by atoms with Crippen LogP contribution in [0.4, 0.5) is 0 Å². The molecule has 0 bridgehead atoms. The minimum Gasteiger partial charge on any atom is -0.389 e. The molecule has 0 amide bonds. The van der Waals surface area contributed by atoms with E-state index in [1.807, 2.05) is 0 Å². The van der Waals surface area contributed by atoms with Crippen LogP contribution in [0.25, 0.3) is 0 Å². The van der Waals surface area contributed by atoms with Crippen LogP contribution >= 0.6 is 0 Å². The Kier molecular flexibility index (Phi) is 4.15. The first-order chi connectivity index (χ1) is 6.97. The first kappa shape index (κ1) is 12.5. The molecule has 0 aliphatic carbocycles. The van der Waals surface area contributed by atoms with Gasteiger partial charge in [0.2, 0.25) is 5.79 Å². The highest BCUT2D eigenvalue weighted by Gasteiger charge is 2.31. The van der Waals surface area contributed by atoms with Crippen LogP contribution in [0.2, 0.25) is 0 Å². The van der Waals surface area contributed by atoms with Crippen molar-refractivity contribution >= 4 is 0 Å². The van der Waals surface area contributed by atoms with Crippen LogP contribution in [0.5, 0.6) is 0 Å². The van der Waals surface area contributed by atoms with E-state index in [1.54, 1.807) is 21.0 Å². The van der Waals surface area contributed by atoms with E-state index < -0.39 is 11.4 Å². The van der Waals surface area contributed by atoms with Gasteiger partial charge in [0.05, 0.1) is 12.2 Å². The summed E-state index contributed by atoms with van der Waals surface area (Å²) in [6.45, 7) is 4.18. The monoisotopic (exact) mass is 212 g/mol. The zero-order valence-electron chi connectivity index (χ0n) is 9.80. The molecule has 15 heavy (non-hydrogen) atoms. The van der Waals surface area contributed by atoms with E-state index in [0.29, 0.717) is 13.0 Å². The molecule has 1 fully saturated rings. The summed E-state index contributed by atoms with van der Waals surface area (Å²) in [6, 6.07) is 0. The van der Waals surface area contributed by atoms with E-state index in [2.05, 4.69) is 11.8 Å². The Labute approximate surface area is 91.8 Å². The molecule has 0 saturated carbocycles. The zero-order chi connectivity index (χ0) is 11.4. The molecule has 86 valence electrons.